The fourth-order valence-electron chi connectivity index (χ4n) is 1.68. The van der Waals surface area contributed by atoms with Crippen LogP contribution in [0.5, 0.6) is 0 Å². The average Bonchev–Trinajstić information content (AvgIpc) is 2.48. The Morgan fingerprint density at radius 3 is 2.71 bits per heavy atom. The standard InChI is InChI=1S/C15H15N3O3/c1-10-13(7-11(16)8-17-10)15(20)21-9-14(19)18-12-5-3-2-4-6-12/h2-8H,9,16H2,1H3,(H,18,19). The topological polar surface area (TPSA) is 94.3 Å². The Kier molecular flexibility index (Phi) is 4.50. The molecule has 6 nitrogen and oxygen atoms in total. The van der Waals surface area contributed by atoms with Gasteiger partial charge in [0.15, 0.2) is 6.61 Å². The van der Waals surface area contributed by atoms with Gasteiger partial charge in [-0.15, -0.1) is 0 Å². The number of benzene rings is 1. The van der Waals surface area contributed by atoms with Crippen LogP contribution in [-0.4, -0.2) is 23.5 Å². The third-order valence-electron chi connectivity index (χ3n) is 2.72. The summed E-state index contributed by atoms with van der Waals surface area (Å²) < 4.78 is 4.95. The number of nitrogens with one attached hydrogen (secondary N) is 1. The Hall–Kier alpha value is -2.89. The molecule has 108 valence electrons. The lowest BCUT2D eigenvalue weighted by molar-refractivity contribution is -0.119. The molecule has 0 unspecified atom stereocenters. The number of nitrogen functional groups attached to an aromatic ring is 1. The van der Waals surface area contributed by atoms with Crippen LogP contribution in [0.15, 0.2) is 42.6 Å². The van der Waals surface area contributed by atoms with E-state index in [-0.39, 0.29) is 12.2 Å². The maximum absolute atomic E-state index is 11.9. The molecule has 0 aliphatic heterocycles. The van der Waals surface area contributed by atoms with Gasteiger partial charge in [-0.2, -0.15) is 0 Å². The predicted octanol–water partition coefficient (Wildman–Crippen LogP) is 1.77. The van der Waals surface area contributed by atoms with Crippen LogP contribution in [-0.2, 0) is 9.53 Å². The lowest BCUT2D eigenvalue weighted by Crippen LogP contribution is -2.21. The normalized spacial score (nSPS) is 9.95. The van der Waals surface area contributed by atoms with Gasteiger partial charge in [0, 0.05) is 5.69 Å². The number of nitrogens with zero attached hydrogens (tertiary/aromatic N) is 1. The highest BCUT2D eigenvalue weighted by molar-refractivity contribution is 5.96. The zero-order chi connectivity index (χ0) is 15.2. The molecule has 1 aromatic carbocycles. The van der Waals surface area contributed by atoms with E-state index < -0.39 is 11.9 Å². The first-order chi connectivity index (χ1) is 10.1. The molecule has 1 heterocycles. The summed E-state index contributed by atoms with van der Waals surface area (Å²) in [6.07, 6.45) is 1.45. The van der Waals surface area contributed by atoms with Crippen LogP contribution in [0.2, 0.25) is 0 Å². The molecule has 3 N–H and O–H groups in total. The fraction of sp³-hybridized carbons (Fsp3) is 0.133. The van der Waals surface area contributed by atoms with Crippen LogP contribution >= 0.6 is 0 Å². The molecule has 2 rings (SSSR count). The van der Waals surface area contributed by atoms with E-state index in [4.69, 9.17) is 10.5 Å². The summed E-state index contributed by atoms with van der Waals surface area (Å²) in [4.78, 5) is 27.5. The van der Waals surface area contributed by atoms with Gasteiger partial charge < -0.3 is 15.8 Å². The molecule has 0 fully saturated rings. The SMILES string of the molecule is Cc1ncc(N)cc1C(=O)OCC(=O)Nc1ccccc1. The van der Waals surface area contributed by atoms with E-state index in [1.54, 1.807) is 31.2 Å². The maximum atomic E-state index is 11.9. The number of anilines is 2. The Labute approximate surface area is 121 Å². The predicted molar refractivity (Wildman–Crippen MR) is 78.7 cm³/mol. The molecule has 1 aromatic heterocycles. The van der Waals surface area contributed by atoms with E-state index in [0.29, 0.717) is 17.1 Å². The highest BCUT2D eigenvalue weighted by atomic mass is 16.5. The van der Waals surface area contributed by atoms with Crippen molar-refractivity contribution in [3.8, 4) is 0 Å². The average molecular weight is 285 g/mol. The van der Waals surface area contributed by atoms with Gasteiger partial charge in [-0.25, -0.2) is 4.79 Å². The summed E-state index contributed by atoms with van der Waals surface area (Å²) in [7, 11) is 0. The van der Waals surface area contributed by atoms with Crippen molar-refractivity contribution >= 4 is 23.3 Å². The largest absolute Gasteiger partial charge is 0.452 e. The molecule has 0 saturated heterocycles. The van der Waals surface area contributed by atoms with Crippen LogP contribution in [0, 0.1) is 6.92 Å². The van der Waals surface area contributed by atoms with Gasteiger partial charge in [0.2, 0.25) is 0 Å². The molecule has 0 radical (unpaired) electrons. The Morgan fingerprint density at radius 2 is 2.00 bits per heavy atom. The summed E-state index contributed by atoms with van der Waals surface area (Å²) in [5.41, 5.74) is 7.33. The van der Waals surface area contributed by atoms with Gasteiger partial charge in [-0.05, 0) is 25.1 Å². The number of carbonyl (C=O) groups excluding carboxylic acids is 2. The second kappa shape index (κ2) is 6.51. The summed E-state index contributed by atoms with van der Waals surface area (Å²) in [5, 5.41) is 2.62. The minimum Gasteiger partial charge on any atom is -0.452 e. The van der Waals surface area contributed by atoms with Gasteiger partial charge in [0.25, 0.3) is 5.91 Å². The van der Waals surface area contributed by atoms with Crippen LogP contribution in [0.1, 0.15) is 16.1 Å². The first-order valence-corrected chi connectivity index (χ1v) is 6.30. The van der Waals surface area contributed by atoms with Crippen molar-refractivity contribution in [2.45, 2.75) is 6.92 Å². The quantitative estimate of drug-likeness (QED) is 0.835. The van der Waals surface area contributed by atoms with E-state index >= 15 is 0 Å². The number of esters is 1. The molecule has 0 aliphatic carbocycles. The Balaban J connectivity index is 1.92. The molecule has 0 bridgehead atoms. The molecule has 6 heteroatoms. The number of aryl methyl sites for hydroxylation is 1. The van der Waals surface area contributed by atoms with E-state index in [9.17, 15) is 9.59 Å². The van der Waals surface area contributed by atoms with Crippen LogP contribution in [0.4, 0.5) is 11.4 Å². The van der Waals surface area contributed by atoms with Crippen molar-refractivity contribution in [3.05, 3.63) is 53.9 Å². The number of pyridine rings is 1. The van der Waals surface area contributed by atoms with Crippen molar-refractivity contribution in [2.75, 3.05) is 17.7 Å². The molecule has 0 saturated carbocycles. The summed E-state index contributed by atoms with van der Waals surface area (Å²) >= 11 is 0. The van der Waals surface area contributed by atoms with Crippen molar-refractivity contribution in [3.63, 3.8) is 0 Å². The summed E-state index contributed by atoms with van der Waals surface area (Å²) in [6, 6.07) is 10.4. The van der Waals surface area contributed by atoms with Crippen LogP contribution < -0.4 is 11.1 Å². The van der Waals surface area contributed by atoms with Gasteiger partial charge in [0.05, 0.1) is 23.1 Å². The number of amides is 1. The number of aromatic nitrogens is 1. The number of hydrogen-bond donors (Lipinski definition) is 2. The van der Waals surface area contributed by atoms with Gasteiger partial charge in [-0.3, -0.25) is 9.78 Å². The number of rotatable bonds is 4. The lowest BCUT2D eigenvalue weighted by atomic mass is 10.2. The smallest absolute Gasteiger partial charge is 0.340 e. The van der Waals surface area contributed by atoms with Gasteiger partial charge >= 0.3 is 5.97 Å². The van der Waals surface area contributed by atoms with E-state index in [2.05, 4.69) is 10.3 Å². The Morgan fingerprint density at radius 1 is 1.29 bits per heavy atom. The summed E-state index contributed by atoms with van der Waals surface area (Å²) in [5.74, 6) is -1.04. The number of carbonyl (C=O) groups is 2. The molecule has 0 aliphatic rings. The van der Waals surface area contributed by atoms with Crippen molar-refractivity contribution in [2.24, 2.45) is 0 Å². The first kappa shape index (κ1) is 14.5. The Bertz CT molecular complexity index is 656. The van der Waals surface area contributed by atoms with E-state index in [1.165, 1.54) is 12.3 Å². The zero-order valence-electron chi connectivity index (χ0n) is 11.5. The second-order valence-electron chi connectivity index (χ2n) is 4.39. The minimum atomic E-state index is -0.629. The van der Waals surface area contributed by atoms with Crippen molar-refractivity contribution in [1.82, 2.24) is 4.98 Å². The highest BCUT2D eigenvalue weighted by Gasteiger charge is 2.14. The maximum Gasteiger partial charge on any atom is 0.340 e. The minimum absolute atomic E-state index is 0.252. The molecular weight excluding hydrogens is 270 g/mol. The van der Waals surface area contributed by atoms with Crippen LogP contribution in [0.25, 0.3) is 0 Å². The van der Waals surface area contributed by atoms with Gasteiger partial charge in [0.1, 0.15) is 0 Å². The first-order valence-electron chi connectivity index (χ1n) is 6.30. The number of para-hydroxylation sites is 1. The number of nitrogens with two attached hydrogens (primary N) is 1. The fourth-order valence-corrected chi connectivity index (χ4v) is 1.68. The molecule has 2 aromatic rings. The molecule has 0 spiro atoms. The number of hydrogen-bond acceptors (Lipinski definition) is 5. The van der Waals surface area contributed by atoms with E-state index in [0.717, 1.165) is 0 Å². The third kappa shape index (κ3) is 4.04. The van der Waals surface area contributed by atoms with E-state index in [1.807, 2.05) is 6.07 Å². The number of ether oxygens (including phenoxy) is 1. The van der Waals surface area contributed by atoms with Crippen molar-refractivity contribution in [1.29, 1.82) is 0 Å². The molecule has 0 atom stereocenters. The molecular formula is C15H15N3O3. The zero-order valence-corrected chi connectivity index (χ0v) is 11.5. The lowest BCUT2D eigenvalue weighted by Gasteiger charge is -2.08. The van der Waals surface area contributed by atoms with Gasteiger partial charge in [-0.1, -0.05) is 18.2 Å². The summed E-state index contributed by atoms with van der Waals surface area (Å²) in [6.45, 7) is 1.29. The van der Waals surface area contributed by atoms with Crippen molar-refractivity contribution < 1.29 is 14.3 Å². The van der Waals surface area contributed by atoms with Crippen LogP contribution in [0.3, 0.4) is 0 Å². The molecule has 1 amide bonds. The molecule has 21 heavy (non-hydrogen) atoms. The monoisotopic (exact) mass is 285 g/mol. The second-order valence-corrected chi connectivity index (χ2v) is 4.39. The third-order valence-corrected chi connectivity index (χ3v) is 2.72. The highest BCUT2D eigenvalue weighted by Crippen LogP contribution is 2.11.